The van der Waals surface area contributed by atoms with Gasteiger partial charge in [0, 0.05) is 10.0 Å². The Morgan fingerprint density at radius 2 is 1.28 bits per heavy atom. The molecule has 1 heterocycles. The van der Waals surface area contributed by atoms with Crippen LogP contribution >= 0.6 is 15.9 Å². The van der Waals surface area contributed by atoms with Crippen LogP contribution in [0.3, 0.4) is 0 Å². The Morgan fingerprint density at radius 3 is 1.85 bits per heavy atom. The molecule has 39 heavy (non-hydrogen) atoms. The van der Waals surface area contributed by atoms with Crippen LogP contribution in [-0.4, -0.2) is 25.0 Å². The van der Waals surface area contributed by atoms with E-state index in [-0.39, 0.29) is 5.57 Å². The first-order chi connectivity index (χ1) is 19.0. The summed E-state index contributed by atoms with van der Waals surface area (Å²) in [6, 6.07) is 29.2. The van der Waals surface area contributed by atoms with Gasteiger partial charge in [0.2, 0.25) is 0 Å². The standard InChI is InChI=1S/C31H23BrN2O5/c1-38-28-19-21(16-17-27(28)39-20-22-10-8-9-15-26(22)32)18-25-29(35)33(23-11-4-2-5-12-23)31(37)34(30(25)36)24-13-6-3-7-14-24/h2-19H,20H2,1H3. The van der Waals surface area contributed by atoms with E-state index in [2.05, 4.69) is 15.9 Å². The minimum absolute atomic E-state index is 0.161. The number of barbiturate groups is 1. The Hall–Kier alpha value is -4.69. The monoisotopic (exact) mass is 582 g/mol. The maximum absolute atomic E-state index is 13.6. The molecule has 8 heteroatoms. The maximum Gasteiger partial charge on any atom is 0.343 e. The third-order valence-electron chi connectivity index (χ3n) is 6.12. The summed E-state index contributed by atoms with van der Waals surface area (Å²) < 4.78 is 12.4. The molecule has 0 saturated carbocycles. The maximum atomic E-state index is 13.6. The summed E-state index contributed by atoms with van der Waals surface area (Å²) in [5.41, 5.74) is 2.06. The molecule has 0 spiro atoms. The van der Waals surface area contributed by atoms with E-state index in [9.17, 15) is 14.4 Å². The number of halogens is 1. The van der Waals surface area contributed by atoms with Gasteiger partial charge in [0.05, 0.1) is 18.5 Å². The van der Waals surface area contributed by atoms with Gasteiger partial charge in [-0.1, -0.05) is 76.6 Å². The number of hydrogen-bond acceptors (Lipinski definition) is 5. The lowest BCUT2D eigenvalue weighted by Crippen LogP contribution is -2.57. The number of para-hydroxylation sites is 2. The molecular weight excluding hydrogens is 560 g/mol. The second-order valence-corrected chi connectivity index (χ2v) is 9.44. The first-order valence-corrected chi connectivity index (χ1v) is 12.9. The second-order valence-electron chi connectivity index (χ2n) is 8.58. The van der Waals surface area contributed by atoms with E-state index in [1.807, 2.05) is 24.3 Å². The van der Waals surface area contributed by atoms with Crippen molar-refractivity contribution >= 4 is 51.2 Å². The van der Waals surface area contributed by atoms with Crippen molar-refractivity contribution in [3.05, 3.63) is 124 Å². The molecule has 0 aliphatic carbocycles. The fourth-order valence-corrected chi connectivity index (χ4v) is 4.57. The van der Waals surface area contributed by atoms with Crippen molar-refractivity contribution in [1.29, 1.82) is 0 Å². The molecule has 5 rings (SSSR count). The van der Waals surface area contributed by atoms with E-state index in [0.29, 0.717) is 35.0 Å². The van der Waals surface area contributed by atoms with Gasteiger partial charge >= 0.3 is 6.03 Å². The van der Waals surface area contributed by atoms with Crippen molar-refractivity contribution in [3.8, 4) is 11.5 Å². The lowest BCUT2D eigenvalue weighted by Gasteiger charge is -2.33. The summed E-state index contributed by atoms with van der Waals surface area (Å²) in [5, 5.41) is 0. The zero-order valence-electron chi connectivity index (χ0n) is 20.9. The van der Waals surface area contributed by atoms with Crippen LogP contribution < -0.4 is 19.3 Å². The van der Waals surface area contributed by atoms with Gasteiger partial charge in [0.1, 0.15) is 12.2 Å². The van der Waals surface area contributed by atoms with Crippen LogP contribution in [-0.2, 0) is 16.2 Å². The summed E-state index contributed by atoms with van der Waals surface area (Å²) in [7, 11) is 1.52. The molecule has 1 aliphatic rings. The number of methoxy groups -OCH3 is 1. The smallest absolute Gasteiger partial charge is 0.343 e. The van der Waals surface area contributed by atoms with Crippen LogP contribution in [0.1, 0.15) is 11.1 Å². The van der Waals surface area contributed by atoms with E-state index in [1.54, 1.807) is 78.9 Å². The molecule has 0 unspecified atom stereocenters. The van der Waals surface area contributed by atoms with Crippen LogP contribution in [0.4, 0.5) is 16.2 Å². The Bertz CT molecular complexity index is 1510. The molecular formula is C31H23BrN2O5. The summed E-state index contributed by atoms with van der Waals surface area (Å²) in [5.74, 6) is -0.486. The Kier molecular flexibility index (Phi) is 7.56. The SMILES string of the molecule is COc1cc(C=C2C(=O)N(c3ccccc3)C(=O)N(c3ccccc3)C2=O)ccc1OCc1ccccc1Br. The molecule has 4 amide bonds. The van der Waals surface area contributed by atoms with Gasteiger partial charge in [-0.05, 0) is 54.1 Å². The molecule has 0 atom stereocenters. The zero-order valence-corrected chi connectivity index (χ0v) is 22.5. The Morgan fingerprint density at radius 1 is 0.718 bits per heavy atom. The minimum Gasteiger partial charge on any atom is -0.493 e. The molecule has 1 saturated heterocycles. The summed E-state index contributed by atoms with van der Waals surface area (Å²) >= 11 is 3.52. The van der Waals surface area contributed by atoms with Gasteiger partial charge in [-0.25, -0.2) is 14.6 Å². The van der Waals surface area contributed by atoms with Crippen molar-refractivity contribution in [3.63, 3.8) is 0 Å². The molecule has 4 aromatic carbocycles. The molecule has 4 aromatic rings. The highest BCUT2D eigenvalue weighted by Crippen LogP contribution is 2.33. The molecule has 1 fully saturated rings. The number of urea groups is 1. The summed E-state index contributed by atoms with van der Waals surface area (Å²) in [6.07, 6.45) is 1.46. The molecule has 7 nitrogen and oxygen atoms in total. The number of carbonyl (C=O) groups is 3. The first kappa shape index (κ1) is 25.9. The van der Waals surface area contributed by atoms with Crippen LogP contribution in [0.25, 0.3) is 6.08 Å². The van der Waals surface area contributed by atoms with E-state index < -0.39 is 17.8 Å². The lowest BCUT2D eigenvalue weighted by molar-refractivity contribution is -0.121. The molecule has 0 N–H and O–H groups in total. The lowest BCUT2D eigenvalue weighted by atomic mass is 10.0. The Labute approximate surface area is 234 Å². The average Bonchev–Trinajstić information content (AvgIpc) is 2.96. The fourth-order valence-electron chi connectivity index (χ4n) is 4.17. The number of carbonyl (C=O) groups excluding carboxylic acids is 3. The average molecular weight is 583 g/mol. The van der Waals surface area contributed by atoms with Gasteiger partial charge in [0.25, 0.3) is 11.8 Å². The molecule has 0 bridgehead atoms. The highest BCUT2D eigenvalue weighted by molar-refractivity contribution is 9.10. The number of anilines is 2. The fraction of sp³-hybridized carbons (Fsp3) is 0.0645. The van der Waals surface area contributed by atoms with Crippen molar-refractivity contribution in [2.75, 3.05) is 16.9 Å². The number of imide groups is 2. The number of hydrogen-bond donors (Lipinski definition) is 0. The molecule has 0 aromatic heterocycles. The van der Waals surface area contributed by atoms with Gasteiger partial charge in [-0.15, -0.1) is 0 Å². The van der Waals surface area contributed by atoms with Crippen LogP contribution in [0.2, 0.25) is 0 Å². The summed E-state index contributed by atoms with van der Waals surface area (Å²) in [6.45, 7) is 0.315. The number of benzene rings is 4. The normalized spacial score (nSPS) is 13.5. The van der Waals surface area contributed by atoms with Gasteiger partial charge in [-0.2, -0.15) is 0 Å². The van der Waals surface area contributed by atoms with E-state index in [1.165, 1.54) is 13.2 Å². The highest BCUT2D eigenvalue weighted by atomic mass is 79.9. The molecule has 1 aliphatic heterocycles. The predicted molar refractivity (Wildman–Crippen MR) is 153 cm³/mol. The second kappa shape index (κ2) is 11.4. The third-order valence-corrected chi connectivity index (χ3v) is 6.89. The van der Waals surface area contributed by atoms with Gasteiger partial charge < -0.3 is 9.47 Å². The number of ether oxygens (including phenoxy) is 2. The van der Waals surface area contributed by atoms with Crippen LogP contribution in [0, 0.1) is 0 Å². The van der Waals surface area contributed by atoms with E-state index in [0.717, 1.165) is 19.8 Å². The van der Waals surface area contributed by atoms with E-state index >= 15 is 0 Å². The topological polar surface area (TPSA) is 76.2 Å². The largest absolute Gasteiger partial charge is 0.493 e. The predicted octanol–water partition coefficient (Wildman–Crippen LogP) is 6.62. The number of amides is 4. The quantitative estimate of drug-likeness (QED) is 0.181. The van der Waals surface area contributed by atoms with Crippen molar-refractivity contribution in [2.24, 2.45) is 0 Å². The molecule has 0 radical (unpaired) electrons. The molecule has 194 valence electrons. The van der Waals surface area contributed by atoms with Crippen LogP contribution in [0.5, 0.6) is 11.5 Å². The van der Waals surface area contributed by atoms with Gasteiger partial charge in [0.15, 0.2) is 11.5 Å². The first-order valence-electron chi connectivity index (χ1n) is 12.1. The third kappa shape index (κ3) is 5.32. The van der Waals surface area contributed by atoms with E-state index in [4.69, 9.17) is 9.47 Å². The summed E-state index contributed by atoms with van der Waals surface area (Å²) in [4.78, 5) is 42.6. The van der Waals surface area contributed by atoms with Crippen molar-refractivity contribution < 1.29 is 23.9 Å². The van der Waals surface area contributed by atoms with Crippen molar-refractivity contribution in [2.45, 2.75) is 6.61 Å². The minimum atomic E-state index is -0.743. The zero-order chi connectivity index (χ0) is 27.4. The van der Waals surface area contributed by atoms with Crippen molar-refractivity contribution in [1.82, 2.24) is 0 Å². The highest BCUT2D eigenvalue weighted by Gasteiger charge is 2.43. The number of rotatable bonds is 7. The number of nitrogens with zero attached hydrogens (tertiary/aromatic N) is 2. The van der Waals surface area contributed by atoms with Gasteiger partial charge in [-0.3, -0.25) is 9.59 Å². The Balaban J connectivity index is 1.51. The van der Waals surface area contributed by atoms with Crippen LogP contribution in [0.15, 0.2) is 113 Å².